The maximum absolute atomic E-state index is 13.6. The lowest BCUT2D eigenvalue weighted by molar-refractivity contribution is -0.505. The second-order valence-electron chi connectivity index (χ2n) is 9.15. The van der Waals surface area contributed by atoms with Crippen LogP contribution in [0.5, 0.6) is 0 Å². The summed E-state index contributed by atoms with van der Waals surface area (Å²) in [5.74, 6) is -1.02. The fourth-order valence-electron chi connectivity index (χ4n) is 4.36. The summed E-state index contributed by atoms with van der Waals surface area (Å²) < 4.78 is 5.04. The van der Waals surface area contributed by atoms with Gasteiger partial charge < -0.3 is 25.4 Å². The third-order valence-electron chi connectivity index (χ3n) is 6.29. The summed E-state index contributed by atoms with van der Waals surface area (Å²) in [7, 11) is 0. The van der Waals surface area contributed by atoms with Crippen LogP contribution in [0, 0.1) is 0 Å². The van der Waals surface area contributed by atoms with Gasteiger partial charge in [-0.1, -0.05) is 30.3 Å². The van der Waals surface area contributed by atoms with Crippen LogP contribution in [0.15, 0.2) is 42.8 Å². The van der Waals surface area contributed by atoms with E-state index in [1.807, 2.05) is 37.3 Å². The smallest absolute Gasteiger partial charge is 0.326 e. The number of carbonyl (C=O) groups is 2. The van der Waals surface area contributed by atoms with Crippen molar-refractivity contribution >= 4 is 11.9 Å². The number of carbonyl (C=O) groups excluding carboxylic acids is 1. The fourth-order valence-corrected chi connectivity index (χ4v) is 4.36. The van der Waals surface area contributed by atoms with E-state index in [-0.39, 0.29) is 24.4 Å². The zero-order valence-electron chi connectivity index (χ0n) is 22.5. The number of aliphatic carboxylic acids is 1. The van der Waals surface area contributed by atoms with E-state index in [4.69, 9.17) is 24.9 Å². The number of benzene rings is 1. The first kappa shape index (κ1) is 32.4. The molecule has 0 aliphatic carbocycles. The lowest BCUT2D eigenvalue weighted by Crippen LogP contribution is -2.53. The molecule has 0 saturated carbocycles. The Hall–Kier alpha value is -2.78. The molecule has 3 unspecified atom stereocenters. The van der Waals surface area contributed by atoms with E-state index in [9.17, 15) is 14.7 Å². The zero-order valence-corrected chi connectivity index (χ0v) is 22.5. The molecule has 1 aliphatic rings. The Bertz CT molecular complexity index is 859. The SMILES string of the molecule is C=C(NCCCCC(NC(CCc1ccccc1)COOCC)C(=O)N1CCCC1C(=O)O)OCON(O)O. The third kappa shape index (κ3) is 12.7. The number of amides is 1. The second kappa shape index (κ2) is 18.5. The van der Waals surface area contributed by atoms with Crippen LogP contribution in [0.25, 0.3) is 0 Å². The van der Waals surface area contributed by atoms with Gasteiger partial charge in [0, 0.05) is 19.1 Å². The highest BCUT2D eigenvalue weighted by Gasteiger charge is 2.37. The first-order valence-electron chi connectivity index (χ1n) is 13.3. The van der Waals surface area contributed by atoms with E-state index in [2.05, 4.69) is 22.1 Å². The lowest BCUT2D eigenvalue weighted by atomic mass is 10.0. The molecule has 5 N–H and O–H groups in total. The maximum atomic E-state index is 13.6. The standard InChI is InChI=1S/C26H42N4O9/c1-3-38-39-18-22(15-14-21-10-5-4-6-11-21)28-23(25(31)29-17-9-13-24(29)26(32)33)12-7-8-16-27-20(2)36-19-37-30(34)35/h4-6,10-11,22-24,27-28,34-35H,2-3,7-9,12-19H2,1H3,(H,32,33). The Labute approximate surface area is 229 Å². The van der Waals surface area contributed by atoms with E-state index in [0.29, 0.717) is 58.2 Å². The molecule has 0 spiro atoms. The van der Waals surface area contributed by atoms with Gasteiger partial charge >= 0.3 is 5.97 Å². The summed E-state index contributed by atoms with van der Waals surface area (Å²) in [6.45, 7) is 6.60. The molecular formula is C26H42N4O9. The first-order chi connectivity index (χ1) is 18.8. The number of likely N-dealkylation sites (tertiary alicyclic amines) is 1. The van der Waals surface area contributed by atoms with E-state index < -0.39 is 30.2 Å². The first-order valence-corrected chi connectivity index (χ1v) is 13.3. The number of nitrogens with one attached hydrogen (secondary N) is 2. The molecule has 3 atom stereocenters. The molecule has 220 valence electrons. The minimum Gasteiger partial charge on any atom is -0.480 e. The third-order valence-corrected chi connectivity index (χ3v) is 6.29. The van der Waals surface area contributed by atoms with Crippen molar-refractivity contribution in [3.63, 3.8) is 0 Å². The molecule has 1 saturated heterocycles. The molecule has 13 nitrogen and oxygen atoms in total. The highest BCUT2D eigenvalue weighted by Crippen LogP contribution is 2.20. The van der Waals surface area contributed by atoms with Crippen LogP contribution in [0.3, 0.4) is 0 Å². The molecule has 13 heteroatoms. The Kier molecular flexibility index (Phi) is 15.4. The Morgan fingerprint density at radius 3 is 2.64 bits per heavy atom. The molecule has 2 rings (SSSR count). The van der Waals surface area contributed by atoms with Crippen LogP contribution in [-0.4, -0.2) is 88.9 Å². The van der Waals surface area contributed by atoms with Gasteiger partial charge in [-0.2, -0.15) is 0 Å². The molecule has 1 aliphatic heterocycles. The van der Waals surface area contributed by atoms with Crippen molar-refractivity contribution in [3.05, 3.63) is 48.4 Å². The number of carboxylic acid groups (broad SMARTS) is 1. The summed E-state index contributed by atoms with van der Waals surface area (Å²) in [5.41, 5.74) is 1.17. The molecule has 0 aromatic heterocycles. The minimum atomic E-state index is -0.989. The highest BCUT2D eigenvalue weighted by molar-refractivity contribution is 5.87. The van der Waals surface area contributed by atoms with E-state index in [1.165, 1.54) is 10.5 Å². The number of unbranched alkanes of at least 4 members (excludes halogenated alkanes) is 1. The normalized spacial score (nSPS) is 16.7. The van der Waals surface area contributed by atoms with Crippen LogP contribution in [0.4, 0.5) is 0 Å². The van der Waals surface area contributed by atoms with Crippen molar-refractivity contribution in [2.45, 2.75) is 70.0 Å². The van der Waals surface area contributed by atoms with E-state index in [1.54, 1.807) is 0 Å². The highest BCUT2D eigenvalue weighted by atomic mass is 17.2. The quantitative estimate of drug-likeness (QED) is 0.0496. The predicted molar refractivity (Wildman–Crippen MR) is 139 cm³/mol. The molecule has 1 aromatic rings. The predicted octanol–water partition coefficient (Wildman–Crippen LogP) is 2.21. The monoisotopic (exact) mass is 554 g/mol. The fraction of sp³-hybridized carbons (Fsp3) is 0.615. The van der Waals surface area contributed by atoms with Crippen LogP contribution in [0.1, 0.15) is 51.0 Å². The average molecular weight is 555 g/mol. The number of hydrogen-bond acceptors (Lipinski definition) is 11. The molecule has 1 aromatic carbocycles. The summed E-state index contributed by atoms with van der Waals surface area (Å²) in [5, 5.41) is 32.5. The number of ether oxygens (including phenoxy) is 1. The van der Waals surface area contributed by atoms with Crippen molar-refractivity contribution in [2.75, 3.05) is 33.1 Å². The zero-order chi connectivity index (χ0) is 28.5. The van der Waals surface area contributed by atoms with Crippen molar-refractivity contribution in [3.8, 4) is 0 Å². The molecule has 1 amide bonds. The molecule has 1 heterocycles. The molecule has 0 bridgehead atoms. The summed E-state index contributed by atoms with van der Waals surface area (Å²) in [4.78, 5) is 41.5. The molecular weight excluding hydrogens is 512 g/mol. The van der Waals surface area contributed by atoms with Gasteiger partial charge in [-0.25, -0.2) is 19.4 Å². The van der Waals surface area contributed by atoms with Gasteiger partial charge in [0.25, 0.3) is 0 Å². The van der Waals surface area contributed by atoms with Crippen LogP contribution in [-0.2, 0) is 35.4 Å². The van der Waals surface area contributed by atoms with E-state index >= 15 is 0 Å². The molecule has 1 fully saturated rings. The van der Waals surface area contributed by atoms with Gasteiger partial charge in [-0.15, -0.1) is 0 Å². The maximum Gasteiger partial charge on any atom is 0.326 e. The Balaban J connectivity index is 1.99. The van der Waals surface area contributed by atoms with Crippen LogP contribution < -0.4 is 10.6 Å². The van der Waals surface area contributed by atoms with Crippen LogP contribution in [0.2, 0.25) is 0 Å². The summed E-state index contributed by atoms with van der Waals surface area (Å²) in [6.07, 6.45) is 4.39. The van der Waals surface area contributed by atoms with Gasteiger partial charge in [0.1, 0.15) is 6.04 Å². The van der Waals surface area contributed by atoms with E-state index in [0.717, 1.165) is 6.42 Å². The second-order valence-corrected chi connectivity index (χ2v) is 9.15. The number of rotatable bonds is 21. The molecule has 0 radical (unpaired) electrons. The summed E-state index contributed by atoms with van der Waals surface area (Å²) in [6, 6.07) is 8.41. The van der Waals surface area contributed by atoms with Gasteiger partial charge in [0.15, 0.2) is 5.88 Å². The van der Waals surface area contributed by atoms with Gasteiger partial charge in [0.2, 0.25) is 12.7 Å². The minimum absolute atomic E-state index is 0.193. The largest absolute Gasteiger partial charge is 0.480 e. The number of hydrogen-bond donors (Lipinski definition) is 5. The Morgan fingerprint density at radius 1 is 1.18 bits per heavy atom. The molecule has 39 heavy (non-hydrogen) atoms. The summed E-state index contributed by atoms with van der Waals surface area (Å²) >= 11 is 0. The van der Waals surface area contributed by atoms with Crippen molar-refractivity contribution in [1.82, 2.24) is 20.9 Å². The van der Waals surface area contributed by atoms with Crippen molar-refractivity contribution < 1.29 is 44.5 Å². The van der Waals surface area contributed by atoms with Gasteiger partial charge in [0.05, 0.1) is 24.6 Å². The average Bonchev–Trinajstić information content (AvgIpc) is 3.41. The van der Waals surface area contributed by atoms with Gasteiger partial charge in [-0.05, 0) is 64.0 Å². The Morgan fingerprint density at radius 2 is 1.95 bits per heavy atom. The number of carboxylic acids is 1. The van der Waals surface area contributed by atoms with Crippen molar-refractivity contribution in [1.29, 1.82) is 0 Å². The lowest BCUT2D eigenvalue weighted by Gasteiger charge is -2.30. The van der Waals surface area contributed by atoms with Crippen LogP contribution >= 0.6 is 0 Å². The number of aryl methyl sites for hydroxylation is 1. The topological polar surface area (TPSA) is 162 Å². The van der Waals surface area contributed by atoms with Gasteiger partial charge in [-0.3, -0.25) is 15.2 Å². The number of nitrogens with zero attached hydrogens (tertiary/aromatic N) is 2. The van der Waals surface area contributed by atoms with Crippen molar-refractivity contribution in [2.24, 2.45) is 0 Å².